The van der Waals surface area contributed by atoms with Gasteiger partial charge in [-0.25, -0.2) is 9.67 Å². The Morgan fingerprint density at radius 2 is 1.93 bits per heavy atom. The molecule has 7 nitrogen and oxygen atoms in total. The third-order valence-corrected chi connectivity index (χ3v) is 5.96. The molecular formula is C23H32N4O3. The fourth-order valence-electron chi connectivity index (χ4n) is 4.25. The van der Waals surface area contributed by atoms with E-state index in [1.165, 1.54) is 12.8 Å². The second-order valence-corrected chi connectivity index (χ2v) is 8.14. The molecule has 1 aromatic carbocycles. The molecule has 0 unspecified atom stereocenters. The highest BCUT2D eigenvalue weighted by molar-refractivity contribution is 5.79. The Bertz CT molecular complexity index is 860. The van der Waals surface area contributed by atoms with Gasteiger partial charge in [0.15, 0.2) is 11.6 Å². The number of rotatable bonds is 9. The zero-order valence-electron chi connectivity index (χ0n) is 18.2. The topological polar surface area (TPSA) is 69.5 Å². The Morgan fingerprint density at radius 3 is 2.57 bits per heavy atom. The highest BCUT2D eigenvalue weighted by Crippen LogP contribution is 2.45. The molecule has 2 fully saturated rings. The van der Waals surface area contributed by atoms with Crippen molar-refractivity contribution in [3.8, 4) is 5.75 Å². The van der Waals surface area contributed by atoms with Crippen LogP contribution in [0.5, 0.6) is 5.75 Å². The molecule has 0 radical (unpaired) electrons. The van der Waals surface area contributed by atoms with Crippen LogP contribution >= 0.6 is 0 Å². The van der Waals surface area contributed by atoms with E-state index < -0.39 is 0 Å². The summed E-state index contributed by atoms with van der Waals surface area (Å²) in [6, 6.07) is 8.03. The van der Waals surface area contributed by atoms with Crippen molar-refractivity contribution in [1.29, 1.82) is 0 Å². The van der Waals surface area contributed by atoms with Crippen molar-refractivity contribution in [1.82, 2.24) is 19.7 Å². The number of aromatic nitrogens is 3. The Morgan fingerprint density at radius 1 is 1.17 bits per heavy atom. The number of carbonyl (C=O) groups is 1. The summed E-state index contributed by atoms with van der Waals surface area (Å²) in [5.41, 5.74) is 1.04. The average molecular weight is 413 g/mol. The van der Waals surface area contributed by atoms with Gasteiger partial charge < -0.3 is 14.4 Å². The predicted molar refractivity (Wildman–Crippen MR) is 113 cm³/mol. The summed E-state index contributed by atoms with van der Waals surface area (Å²) in [5, 5.41) is 4.74. The molecule has 0 spiro atoms. The molecule has 1 amide bonds. The highest BCUT2D eigenvalue weighted by atomic mass is 16.5. The van der Waals surface area contributed by atoms with Crippen LogP contribution in [0.2, 0.25) is 0 Å². The number of morpholine rings is 1. The number of methoxy groups -OCH3 is 1. The quantitative estimate of drug-likeness (QED) is 0.585. The molecule has 1 aliphatic heterocycles. The van der Waals surface area contributed by atoms with E-state index in [2.05, 4.69) is 13.8 Å². The Hall–Kier alpha value is -2.41. The van der Waals surface area contributed by atoms with Gasteiger partial charge in [0.25, 0.3) is 0 Å². The maximum Gasteiger partial charge on any atom is 0.249 e. The molecular weight excluding hydrogens is 380 g/mol. The molecule has 1 aromatic heterocycles. The van der Waals surface area contributed by atoms with E-state index in [0.717, 1.165) is 55.2 Å². The van der Waals surface area contributed by atoms with Crippen molar-refractivity contribution >= 4 is 5.91 Å². The van der Waals surface area contributed by atoms with Crippen molar-refractivity contribution in [2.75, 3.05) is 13.7 Å². The van der Waals surface area contributed by atoms with Crippen LogP contribution in [0.3, 0.4) is 0 Å². The van der Waals surface area contributed by atoms with Crippen LogP contribution in [0.1, 0.15) is 75.3 Å². The van der Waals surface area contributed by atoms with Crippen molar-refractivity contribution in [2.24, 2.45) is 0 Å². The monoisotopic (exact) mass is 412 g/mol. The number of hydrogen-bond acceptors (Lipinski definition) is 5. The van der Waals surface area contributed by atoms with Gasteiger partial charge in [0.05, 0.1) is 13.2 Å². The van der Waals surface area contributed by atoms with E-state index in [-0.39, 0.29) is 30.7 Å². The zero-order valence-corrected chi connectivity index (χ0v) is 18.2. The molecule has 0 bridgehead atoms. The highest BCUT2D eigenvalue weighted by Gasteiger charge is 2.47. The van der Waals surface area contributed by atoms with Crippen molar-refractivity contribution in [3.05, 3.63) is 41.5 Å². The van der Waals surface area contributed by atoms with E-state index in [1.54, 1.807) is 7.11 Å². The molecule has 1 aliphatic carbocycles. The van der Waals surface area contributed by atoms with Crippen LogP contribution in [-0.2, 0) is 22.5 Å². The minimum absolute atomic E-state index is 0.0558. The van der Waals surface area contributed by atoms with Gasteiger partial charge in [0, 0.05) is 19.0 Å². The van der Waals surface area contributed by atoms with Gasteiger partial charge >= 0.3 is 0 Å². The molecule has 1 saturated heterocycles. The van der Waals surface area contributed by atoms with Gasteiger partial charge in [0.2, 0.25) is 5.91 Å². The van der Waals surface area contributed by atoms with Crippen LogP contribution in [0, 0.1) is 0 Å². The maximum absolute atomic E-state index is 12.8. The molecule has 2 atom stereocenters. The third-order valence-electron chi connectivity index (χ3n) is 5.96. The first-order valence-corrected chi connectivity index (χ1v) is 11.2. The van der Waals surface area contributed by atoms with E-state index >= 15 is 0 Å². The summed E-state index contributed by atoms with van der Waals surface area (Å²) >= 11 is 0. The fourth-order valence-corrected chi connectivity index (χ4v) is 4.25. The van der Waals surface area contributed by atoms with Gasteiger partial charge in [-0.2, -0.15) is 5.10 Å². The Labute approximate surface area is 178 Å². The van der Waals surface area contributed by atoms with Crippen molar-refractivity contribution in [3.63, 3.8) is 0 Å². The lowest BCUT2D eigenvalue weighted by molar-refractivity contribution is -0.160. The van der Waals surface area contributed by atoms with Crippen LogP contribution in [-0.4, -0.2) is 45.3 Å². The minimum atomic E-state index is -0.330. The predicted octanol–water partition coefficient (Wildman–Crippen LogP) is 3.84. The number of ether oxygens (including phenoxy) is 2. The van der Waals surface area contributed by atoms with Crippen LogP contribution in [0.15, 0.2) is 24.3 Å². The number of benzene rings is 1. The summed E-state index contributed by atoms with van der Waals surface area (Å²) in [7, 11) is 1.66. The summed E-state index contributed by atoms with van der Waals surface area (Å²) < 4.78 is 13.4. The van der Waals surface area contributed by atoms with Crippen molar-refractivity contribution in [2.45, 2.75) is 77.1 Å². The average Bonchev–Trinajstić information content (AvgIpc) is 3.53. The largest absolute Gasteiger partial charge is 0.497 e. The third kappa shape index (κ3) is 4.21. The van der Waals surface area contributed by atoms with Gasteiger partial charge in [-0.3, -0.25) is 4.79 Å². The normalized spacial score (nSPS) is 21.8. The molecule has 2 aromatic rings. The van der Waals surface area contributed by atoms with Crippen LogP contribution < -0.4 is 4.74 Å². The number of aryl methyl sites for hydroxylation is 2. The first kappa shape index (κ1) is 20.8. The molecule has 2 aliphatic rings. The molecule has 30 heavy (non-hydrogen) atoms. The summed E-state index contributed by atoms with van der Waals surface area (Å²) in [5.74, 6) is 2.54. The van der Waals surface area contributed by atoms with E-state index in [9.17, 15) is 4.79 Å². The smallest absolute Gasteiger partial charge is 0.249 e. The lowest BCUT2D eigenvalue weighted by atomic mass is 9.96. The van der Waals surface area contributed by atoms with Crippen LogP contribution in [0.4, 0.5) is 0 Å². The first-order valence-electron chi connectivity index (χ1n) is 11.2. The maximum atomic E-state index is 12.8. The second kappa shape index (κ2) is 9.16. The van der Waals surface area contributed by atoms with Crippen LogP contribution in [0.25, 0.3) is 0 Å². The number of hydrogen-bond donors (Lipinski definition) is 0. The van der Waals surface area contributed by atoms with Gasteiger partial charge in [0.1, 0.15) is 18.5 Å². The molecule has 1 saturated carbocycles. The van der Waals surface area contributed by atoms with Gasteiger partial charge in [-0.1, -0.05) is 31.9 Å². The number of carbonyl (C=O) groups excluding carboxylic acids is 1. The lowest BCUT2D eigenvalue weighted by Gasteiger charge is -2.41. The zero-order chi connectivity index (χ0) is 21.1. The number of nitrogens with zero attached hydrogens (tertiary/aromatic N) is 4. The SMILES string of the molecule is CCCCCc1nc([C@H]2OCC(=O)N(C3CC3)[C@@H]2c2ccc(OC)cc2)n(CC)n1. The molecule has 4 rings (SSSR count). The Kier molecular flexibility index (Phi) is 6.37. The van der Waals surface area contributed by atoms with E-state index in [0.29, 0.717) is 0 Å². The first-order chi connectivity index (χ1) is 14.7. The van der Waals surface area contributed by atoms with Crippen molar-refractivity contribution < 1.29 is 14.3 Å². The second-order valence-electron chi connectivity index (χ2n) is 8.14. The molecule has 0 N–H and O–H groups in total. The summed E-state index contributed by atoms with van der Waals surface area (Å²) in [6.07, 6.45) is 6.08. The Balaban J connectivity index is 1.69. The molecule has 7 heteroatoms. The lowest BCUT2D eigenvalue weighted by Crippen LogP contribution is -2.47. The summed E-state index contributed by atoms with van der Waals surface area (Å²) in [4.78, 5) is 19.7. The summed E-state index contributed by atoms with van der Waals surface area (Å²) in [6.45, 7) is 5.09. The van der Waals surface area contributed by atoms with Gasteiger partial charge in [-0.15, -0.1) is 0 Å². The molecule has 2 heterocycles. The number of unbranched alkanes of at least 4 members (excludes halogenated alkanes) is 2. The minimum Gasteiger partial charge on any atom is -0.497 e. The van der Waals surface area contributed by atoms with E-state index in [1.807, 2.05) is 33.8 Å². The number of amides is 1. The van der Waals surface area contributed by atoms with E-state index in [4.69, 9.17) is 19.6 Å². The van der Waals surface area contributed by atoms with Gasteiger partial charge in [-0.05, 0) is 43.9 Å². The fraction of sp³-hybridized carbons (Fsp3) is 0.609. The molecule has 162 valence electrons. The standard InChI is InChI=1S/C23H32N4O3/c1-4-6-7-8-19-24-23(26(5-2)25-19)22-21(16-9-13-18(29-3)14-10-16)27(17-11-12-17)20(28)15-30-22/h9-10,13-14,17,21-22H,4-8,11-12,15H2,1-3H3/t21-,22+/m1/s1.